The fourth-order valence-corrected chi connectivity index (χ4v) is 4.43. The van der Waals surface area contributed by atoms with Gasteiger partial charge in [0.25, 0.3) is 0 Å². The fraction of sp³-hybridized carbons (Fsp3) is 0.412. The Morgan fingerprint density at radius 2 is 2.10 bits per heavy atom. The second-order valence-corrected chi connectivity index (χ2v) is 6.90. The van der Waals surface area contributed by atoms with Crippen molar-refractivity contribution in [1.29, 1.82) is 0 Å². The van der Waals surface area contributed by atoms with E-state index in [4.69, 9.17) is 4.99 Å². The number of aliphatic imine (C=N–C) groups is 1. The Bertz CT molecular complexity index is 683. The van der Waals surface area contributed by atoms with Crippen LogP contribution in [0.25, 0.3) is 10.9 Å². The molecule has 1 aromatic carbocycles. The second-order valence-electron chi connectivity index (χ2n) is 5.89. The highest BCUT2D eigenvalue weighted by Crippen LogP contribution is 2.34. The Morgan fingerprint density at radius 3 is 3.10 bits per heavy atom. The Labute approximate surface area is 129 Å². The van der Waals surface area contributed by atoms with Gasteiger partial charge in [-0.3, -0.25) is 9.98 Å². The number of aromatic nitrogens is 1. The molecule has 2 atom stereocenters. The van der Waals surface area contributed by atoms with Gasteiger partial charge < -0.3 is 5.32 Å². The highest BCUT2D eigenvalue weighted by molar-refractivity contribution is 8.14. The van der Waals surface area contributed by atoms with Gasteiger partial charge >= 0.3 is 0 Å². The maximum absolute atomic E-state index is 4.93. The number of hydrogen-bond donors (Lipinski definition) is 1. The van der Waals surface area contributed by atoms with Crippen molar-refractivity contribution < 1.29 is 0 Å². The van der Waals surface area contributed by atoms with Crippen LogP contribution in [0.5, 0.6) is 0 Å². The lowest BCUT2D eigenvalue weighted by Gasteiger charge is -2.32. The number of hydrogen-bond acceptors (Lipinski definition) is 4. The van der Waals surface area contributed by atoms with Gasteiger partial charge in [0.1, 0.15) is 0 Å². The second kappa shape index (κ2) is 5.68. The molecule has 108 valence electrons. The SMILES string of the molecule is c1cnc2ccc(NC3=NC4CCCCC4CS3)cc2c1. The van der Waals surface area contributed by atoms with Crippen molar-refractivity contribution in [3.63, 3.8) is 0 Å². The Morgan fingerprint density at radius 1 is 1.14 bits per heavy atom. The van der Waals surface area contributed by atoms with Crippen molar-refractivity contribution in [2.24, 2.45) is 10.9 Å². The predicted molar refractivity (Wildman–Crippen MR) is 91.0 cm³/mol. The number of nitrogens with one attached hydrogen (secondary N) is 1. The lowest BCUT2D eigenvalue weighted by molar-refractivity contribution is 0.336. The van der Waals surface area contributed by atoms with Crippen LogP contribution in [0, 0.1) is 5.92 Å². The molecule has 0 bridgehead atoms. The lowest BCUT2D eigenvalue weighted by Crippen LogP contribution is -2.31. The van der Waals surface area contributed by atoms with E-state index in [2.05, 4.69) is 34.6 Å². The summed E-state index contributed by atoms with van der Waals surface area (Å²) < 4.78 is 0. The standard InChI is InChI=1S/C17H19N3S/c1-2-6-16-13(4-1)11-21-17(20-16)19-14-7-8-15-12(10-14)5-3-9-18-15/h3,5,7-10,13,16H,1-2,4,6,11H2,(H,19,20). The van der Waals surface area contributed by atoms with Crippen LogP contribution >= 0.6 is 11.8 Å². The summed E-state index contributed by atoms with van der Waals surface area (Å²) in [6, 6.07) is 10.9. The molecule has 1 aromatic heterocycles. The Hall–Kier alpha value is -1.55. The number of nitrogens with zero attached hydrogens (tertiary/aromatic N) is 2. The van der Waals surface area contributed by atoms with Crippen LogP contribution < -0.4 is 5.32 Å². The van der Waals surface area contributed by atoms with Gasteiger partial charge in [-0.05, 0) is 43.0 Å². The van der Waals surface area contributed by atoms with E-state index in [9.17, 15) is 0 Å². The molecule has 0 amide bonds. The molecular formula is C17H19N3S. The highest BCUT2D eigenvalue weighted by atomic mass is 32.2. The van der Waals surface area contributed by atoms with Gasteiger partial charge in [0.05, 0.1) is 11.6 Å². The molecule has 4 heteroatoms. The lowest BCUT2D eigenvalue weighted by atomic mass is 9.86. The Kier molecular flexibility index (Phi) is 3.55. The summed E-state index contributed by atoms with van der Waals surface area (Å²) >= 11 is 1.87. The maximum Gasteiger partial charge on any atom is 0.161 e. The van der Waals surface area contributed by atoms with Gasteiger partial charge in [0, 0.05) is 23.0 Å². The monoisotopic (exact) mass is 297 g/mol. The van der Waals surface area contributed by atoms with Crippen molar-refractivity contribution in [1.82, 2.24) is 4.98 Å². The normalized spacial score (nSPS) is 25.2. The van der Waals surface area contributed by atoms with Crippen LogP contribution in [-0.2, 0) is 0 Å². The number of amidine groups is 1. The molecule has 4 rings (SSSR count). The molecule has 21 heavy (non-hydrogen) atoms. The minimum atomic E-state index is 0.546. The average molecular weight is 297 g/mol. The van der Waals surface area contributed by atoms with Crippen molar-refractivity contribution in [2.75, 3.05) is 11.1 Å². The first kappa shape index (κ1) is 13.1. The molecule has 0 saturated heterocycles. The molecule has 3 nitrogen and oxygen atoms in total. The summed E-state index contributed by atoms with van der Waals surface area (Å²) in [6.07, 6.45) is 7.18. The highest BCUT2D eigenvalue weighted by Gasteiger charge is 2.29. The van der Waals surface area contributed by atoms with Crippen LogP contribution in [-0.4, -0.2) is 21.9 Å². The van der Waals surface area contributed by atoms with Crippen molar-refractivity contribution in [2.45, 2.75) is 31.7 Å². The first-order valence-corrected chi connectivity index (χ1v) is 8.69. The van der Waals surface area contributed by atoms with Crippen LogP contribution in [0.1, 0.15) is 25.7 Å². The molecule has 2 heterocycles. The van der Waals surface area contributed by atoms with E-state index in [1.165, 1.54) is 36.8 Å². The van der Waals surface area contributed by atoms with Crippen LogP contribution in [0.3, 0.4) is 0 Å². The van der Waals surface area contributed by atoms with Crippen LogP contribution in [0.15, 0.2) is 41.5 Å². The molecular weight excluding hydrogens is 278 g/mol. The van der Waals surface area contributed by atoms with Crippen LogP contribution in [0.2, 0.25) is 0 Å². The maximum atomic E-state index is 4.93. The van der Waals surface area contributed by atoms with Crippen LogP contribution in [0.4, 0.5) is 5.69 Å². The number of thioether (sulfide) groups is 1. The van der Waals surface area contributed by atoms with Crippen molar-refractivity contribution in [3.8, 4) is 0 Å². The quantitative estimate of drug-likeness (QED) is 0.852. The molecule has 0 radical (unpaired) electrons. The number of anilines is 1. The fourth-order valence-electron chi connectivity index (χ4n) is 3.27. The van der Waals surface area contributed by atoms with E-state index < -0.39 is 0 Å². The molecule has 2 aliphatic rings. The molecule has 1 N–H and O–H groups in total. The zero-order valence-corrected chi connectivity index (χ0v) is 12.8. The summed E-state index contributed by atoms with van der Waals surface area (Å²) in [5.74, 6) is 2.01. The van der Waals surface area contributed by atoms with Crippen molar-refractivity contribution >= 4 is 33.5 Å². The summed E-state index contributed by atoms with van der Waals surface area (Å²) in [7, 11) is 0. The van der Waals surface area contributed by atoms with E-state index >= 15 is 0 Å². The van der Waals surface area contributed by atoms with Gasteiger partial charge in [0.15, 0.2) is 5.17 Å². The molecule has 1 fully saturated rings. The summed E-state index contributed by atoms with van der Waals surface area (Å²) in [5.41, 5.74) is 2.14. The van der Waals surface area contributed by atoms with E-state index in [0.717, 1.165) is 22.3 Å². The molecule has 1 aliphatic heterocycles. The predicted octanol–water partition coefficient (Wildman–Crippen LogP) is 4.31. The third-order valence-corrected chi connectivity index (χ3v) is 5.52. The minimum absolute atomic E-state index is 0.546. The van der Waals surface area contributed by atoms with Gasteiger partial charge in [-0.2, -0.15) is 0 Å². The van der Waals surface area contributed by atoms with Gasteiger partial charge in [-0.15, -0.1) is 0 Å². The minimum Gasteiger partial charge on any atom is -0.335 e. The number of fused-ring (bicyclic) bond motifs is 2. The Balaban J connectivity index is 1.55. The average Bonchev–Trinajstić information content (AvgIpc) is 2.55. The van der Waals surface area contributed by atoms with E-state index in [-0.39, 0.29) is 0 Å². The van der Waals surface area contributed by atoms with E-state index in [1.807, 2.05) is 24.0 Å². The molecule has 1 saturated carbocycles. The molecule has 1 aliphatic carbocycles. The third-order valence-electron chi connectivity index (χ3n) is 4.44. The number of rotatable bonds is 1. The largest absolute Gasteiger partial charge is 0.335 e. The molecule has 2 unspecified atom stereocenters. The third kappa shape index (κ3) is 2.77. The number of benzene rings is 1. The molecule has 0 spiro atoms. The van der Waals surface area contributed by atoms with Gasteiger partial charge in [-0.25, -0.2) is 0 Å². The first-order valence-electron chi connectivity index (χ1n) is 7.71. The van der Waals surface area contributed by atoms with E-state index in [1.54, 1.807) is 0 Å². The molecule has 2 aromatic rings. The zero-order chi connectivity index (χ0) is 14.1. The number of pyridine rings is 1. The smallest absolute Gasteiger partial charge is 0.161 e. The van der Waals surface area contributed by atoms with Gasteiger partial charge in [-0.1, -0.05) is 30.7 Å². The summed E-state index contributed by atoms with van der Waals surface area (Å²) in [4.78, 5) is 9.29. The van der Waals surface area contributed by atoms with Crippen molar-refractivity contribution in [3.05, 3.63) is 36.5 Å². The van der Waals surface area contributed by atoms with E-state index in [0.29, 0.717) is 6.04 Å². The first-order chi connectivity index (χ1) is 10.4. The summed E-state index contributed by atoms with van der Waals surface area (Å²) in [6.45, 7) is 0. The zero-order valence-electron chi connectivity index (χ0n) is 12.0. The van der Waals surface area contributed by atoms with Gasteiger partial charge in [0.2, 0.25) is 0 Å². The topological polar surface area (TPSA) is 37.3 Å². The summed E-state index contributed by atoms with van der Waals surface area (Å²) in [5, 5.41) is 5.74.